The minimum Gasteiger partial charge on any atom is -0.497 e. The zero-order chi connectivity index (χ0) is 22.5. The van der Waals surface area contributed by atoms with Crippen LogP contribution in [-0.4, -0.2) is 29.1 Å². The molecule has 2 aromatic carbocycles. The van der Waals surface area contributed by atoms with Gasteiger partial charge in [0.05, 0.1) is 7.11 Å². The number of benzene rings is 2. The van der Waals surface area contributed by atoms with Gasteiger partial charge in [0, 0.05) is 40.7 Å². The molecule has 0 fully saturated rings. The van der Waals surface area contributed by atoms with Gasteiger partial charge in [-0.2, -0.15) is 5.26 Å². The van der Waals surface area contributed by atoms with Crippen molar-refractivity contribution < 1.29 is 9.53 Å². The Morgan fingerprint density at radius 3 is 2.69 bits per heavy atom. The van der Waals surface area contributed by atoms with Crippen molar-refractivity contribution in [2.24, 2.45) is 0 Å². The summed E-state index contributed by atoms with van der Waals surface area (Å²) in [4.78, 5) is 15.9. The summed E-state index contributed by atoms with van der Waals surface area (Å²) in [5.74, 6) is 0.385. The summed E-state index contributed by atoms with van der Waals surface area (Å²) in [7, 11) is 1.63. The predicted molar refractivity (Wildman–Crippen MR) is 126 cm³/mol. The van der Waals surface area contributed by atoms with E-state index in [1.165, 1.54) is 0 Å². The molecule has 0 aliphatic heterocycles. The van der Waals surface area contributed by atoms with E-state index in [1.807, 2.05) is 78.4 Å². The van der Waals surface area contributed by atoms with Gasteiger partial charge in [-0.15, -0.1) is 0 Å². The number of hydrogen-bond donors (Lipinski definition) is 2. The first-order valence-electron chi connectivity index (χ1n) is 10.4. The first-order chi connectivity index (χ1) is 15.6. The smallest absolute Gasteiger partial charge is 0.262 e. The van der Waals surface area contributed by atoms with Gasteiger partial charge in [-0.05, 0) is 67.4 Å². The van der Waals surface area contributed by atoms with Crippen molar-refractivity contribution in [3.63, 3.8) is 0 Å². The Labute approximate surface area is 186 Å². The van der Waals surface area contributed by atoms with Crippen molar-refractivity contribution in [2.75, 3.05) is 13.7 Å². The lowest BCUT2D eigenvalue weighted by molar-refractivity contribution is -0.117. The van der Waals surface area contributed by atoms with Gasteiger partial charge in [0.25, 0.3) is 5.91 Å². The highest BCUT2D eigenvalue weighted by Crippen LogP contribution is 2.22. The highest BCUT2D eigenvalue weighted by atomic mass is 16.5. The number of aromatic amines is 1. The highest BCUT2D eigenvalue weighted by molar-refractivity contribution is 6.01. The number of para-hydroxylation sites is 1. The molecule has 6 nitrogen and oxygen atoms in total. The Balaban J connectivity index is 1.49. The van der Waals surface area contributed by atoms with E-state index in [-0.39, 0.29) is 11.5 Å². The van der Waals surface area contributed by atoms with Crippen molar-refractivity contribution in [1.82, 2.24) is 14.9 Å². The third-order valence-electron chi connectivity index (χ3n) is 5.45. The molecule has 160 valence electrons. The third kappa shape index (κ3) is 4.28. The zero-order valence-electron chi connectivity index (χ0n) is 18.1. The molecule has 0 atom stereocenters. The summed E-state index contributed by atoms with van der Waals surface area (Å²) in [6.07, 6.45) is 4.26. The largest absolute Gasteiger partial charge is 0.497 e. The number of nitrogens with zero attached hydrogens (tertiary/aromatic N) is 2. The number of amides is 1. The van der Waals surface area contributed by atoms with E-state index in [0.29, 0.717) is 13.0 Å². The number of carbonyl (C=O) groups excluding carboxylic acids is 1. The molecule has 0 bridgehead atoms. The molecule has 2 N–H and O–H groups in total. The van der Waals surface area contributed by atoms with Crippen LogP contribution in [0, 0.1) is 18.3 Å². The summed E-state index contributed by atoms with van der Waals surface area (Å²) >= 11 is 0. The summed E-state index contributed by atoms with van der Waals surface area (Å²) in [5.41, 5.74) is 4.95. The van der Waals surface area contributed by atoms with E-state index in [4.69, 9.17) is 4.74 Å². The second kappa shape index (κ2) is 9.27. The fourth-order valence-electron chi connectivity index (χ4n) is 3.80. The number of hydrogen-bond acceptors (Lipinski definition) is 3. The van der Waals surface area contributed by atoms with Gasteiger partial charge in [0.15, 0.2) is 0 Å². The standard InChI is InChI=1S/C26H24N4O2/c1-18-7-8-22(30(18)21-9-11-23(32-2)12-10-21)15-20(16-27)26(31)28-14-13-19-17-29-25-6-4-3-5-24(19)25/h3-12,15,17,29H,13-14H2,1-2H3,(H,28,31)/b20-15-. The molecular formula is C26H24N4O2. The SMILES string of the molecule is COc1ccc(-n2c(C)ccc2/C=C(/C#N)C(=O)NCCc2c[nH]c3ccccc23)cc1. The maximum Gasteiger partial charge on any atom is 0.262 e. The number of aryl methyl sites for hydroxylation is 1. The van der Waals surface area contributed by atoms with Crippen LogP contribution in [0.2, 0.25) is 0 Å². The number of H-pyrrole nitrogens is 1. The quantitative estimate of drug-likeness (QED) is 0.337. The number of nitrogens with one attached hydrogen (secondary N) is 2. The second-order valence-corrected chi connectivity index (χ2v) is 7.47. The lowest BCUT2D eigenvalue weighted by atomic mass is 10.1. The number of nitriles is 1. The Hall–Kier alpha value is -4.24. The molecule has 0 aliphatic rings. The first-order valence-corrected chi connectivity index (χ1v) is 10.4. The van der Waals surface area contributed by atoms with E-state index < -0.39 is 0 Å². The molecule has 0 aliphatic carbocycles. The molecule has 1 amide bonds. The molecular weight excluding hydrogens is 400 g/mol. The molecule has 6 heteroatoms. The fraction of sp³-hybridized carbons (Fsp3) is 0.154. The minimum absolute atomic E-state index is 0.0665. The normalized spacial score (nSPS) is 11.3. The van der Waals surface area contributed by atoms with Gasteiger partial charge < -0.3 is 19.6 Å². The molecule has 2 heterocycles. The van der Waals surface area contributed by atoms with Crippen LogP contribution >= 0.6 is 0 Å². The number of methoxy groups -OCH3 is 1. The van der Waals surface area contributed by atoms with Gasteiger partial charge in [-0.25, -0.2) is 0 Å². The van der Waals surface area contributed by atoms with E-state index in [1.54, 1.807) is 13.2 Å². The fourth-order valence-corrected chi connectivity index (χ4v) is 3.80. The van der Waals surface area contributed by atoms with Gasteiger partial charge >= 0.3 is 0 Å². The summed E-state index contributed by atoms with van der Waals surface area (Å²) in [5, 5.41) is 13.6. The molecule has 0 saturated heterocycles. The Bertz CT molecular complexity index is 1320. The molecule has 0 saturated carbocycles. The van der Waals surface area contributed by atoms with Crippen LogP contribution in [0.4, 0.5) is 0 Å². The molecule has 32 heavy (non-hydrogen) atoms. The molecule has 2 aromatic heterocycles. The summed E-state index contributed by atoms with van der Waals surface area (Å²) in [6, 6.07) is 21.6. The van der Waals surface area contributed by atoms with Gasteiger partial charge in [0.2, 0.25) is 0 Å². The number of rotatable bonds is 7. The number of carbonyl (C=O) groups is 1. The molecule has 4 rings (SSSR count). The average Bonchev–Trinajstić information content (AvgIpc) is 3.40. The van der Waals surface area contributed by atoms with E-state index >= 15 is 0 Å². The van der Waals surface area contributed by atoms with Gasteiger partial charge in [0.1, 0.15) is 17.4 Å². The maximum absolute atomic E-state index is 12.7. The van der Waals surface area contributed by atoms with E-state index in [0.717, 1.165) is 39.3 Å². The Morgan fingerprint density at radius 1 is 1.16 bits per heavy atom. The van der Waals surface area contributed by atoms with E-state index in [2.05, 4.69) is 16.4 Å². The molecule has 4 aromatic rings. The van der Waals surface area contributed by atoms with Crippen molar-refractivity contribution in [1.29, 1.82) is 5.26 Å². The summed E-state index contributed by atoms with van der Waals surface area (Å²) < 4.78 is 7.23. The number of aromatic nitrogens is 2. The van der Waals surface area contributed by atoms with Crippen LogP contribution < -0.4 is 10.1 Å². The second-order valence-electron chi connectivity index (χ2n) is 7.47. The topological polar surface area (TPSA) is 82.8 Å². The predicted octanol–water partition coefficient (Wildman–Crippen LogP) is 4.54. The minimum atomic E-state index is -0.382. The third-order valence-corrected chi connectivity index (χ3v) is 5.45. The van der Waals surface area contributed by atoms with Crippen molar-refractivity contribution >= 4 is 22.9 Å². The Kier molecular flexibility index (Phi) is 6.09. The molecule has 0 radical (unpaired) electrons. The molecule has 0 unspecified atom stereocenters. The summed E-state index contributed by atoms with van der Waals surface area (Å²) in [6.45, 7) is 2.42. The monoisotopic (exact) mass is 424 g/mol. The van der Waals surface area contributed by atoms with Crippen molar-refractivity contribution in [3.8, 4) is 17.5 Å². The number of ether oxygens (including phenoxy) is 1. The zero-order valence-corrected chi connectivity index (χ0v) is 18.1. The van der Waals surface area contributed by atoms with Gasteiger partial charge in [-0.1, -0.05) is 18.2 Å². The van der Waals surface area contributed by atoms with Gasteiger partial charge in [-0.3, -0.25) is 4.79 Å². The average molecular weight is 425 g/mol. The van der Waals surface area contributed by atoms with Crippen LogP contribution in [0.15, 0.2) is 72.4 Å². The highest BCUT2D eigenvalue weighted by Gasteiger charge is 2.13. The van der Waals surface area contributed by atoms with Crippen LogP contribution in [0.3, 0.4) is 0 Å². The maximum atomic E-state index is 12.7. The van der Waals surface area contributed by atoms with Crippen LogP contribution in [-0.2, 0) is 11.2 Å². The lowest BCUT2D eigenvalue weighted by Gasteiger charge is -2.11. The van der Waals surface area contributed by atoms with Crippen molar-refractivity contribution in [3.05, 3.63) is 89.4 Å². The van der Waals surface area contributed by atoms with Crippen LogP contribution in [0.25, 0.3) is 22.7 Å². The van der Waals surface area contributed by atoms with Crippen LogP contribution in [0.1, 0.15) is 17.0 Å². The van der Waals surface area contributed by atoms with Crippen molar-refractivity contribution in [2.45, 2.75) is 13.3 Å². The molecule has 0 spiro atoms. The Morgan fingerprint density at radius 2 is 1.94 bits per heavy atom. The number of fused-ring (bicyclic) bond motifs is 1. The van der Waals surface area contributed by atoms with Crippen LogP contribution in [0.5, 0.6) is 5.75 Å². The lowest BCUT2D eigenvalue weighted by Crippen LogP contribution is -2.26. The van der Waals surface area contributed by atoms with E-state index in [9.17, 15) is 10.1 Å². The first kappa shape index (κ1) is 21.0.